The van der Waals surface area contributed by atoms with Crippen LogP contribution < -0.4 is 20.3 Å². The molecule has 3 aromatic rings. The number of benzene rings is 2. The predicted octanol–water partition coefficient (Wildman–Crippen LogP) is 3.71. The summed E-state index contributed by atoms with van der Waals surface area (Å²) in [6, 6.07) is 12.2. The van der Waals surface area contributed by atoms with E-state index in [2.05, 4.69) is 45.6 Å². The summed E-state index contributed by atoms with van der Waals surface area (Å²) in [5, 5.41) is 17.3. The van der Waals surface area contributed by atoms with Crippen molar-refractivity contribution >= 4 is 22.4 Å². The standard InChI is InChI=1S/C24H28N6O/c1-15-18(14-25)6-5-7-19(15)16(2)27-24-20-12-22(30-10-8-26-9-11-30)23(31-4)13-21(20)28-17(3)29-24/h5-7,12-13,16,26H,8-11H2,1-4H3,(H,27,28,29). The average molecular weight is 417 g/mol. The van der Waals surface area contributed by atoms with E-state index in [0.717, 1.165) is 65.5 Å². The Morgan fingerprint density at radius 3 is 2.68 bits per heavy atom. The summed E-state index contributed by atoms with van der Waals surface area (Å²) in [5.74, 6) is 2.31. The Balaban J connectivity index is 1.77. The van der Waals surface area contributed by atoms with Crippen LogP contribution >= 0.6 is 0 Å². The van der Waals surface area contributed by atoms with Crippen LogP contribution in [0.2, 0.25) is 0 Å². The van der Waals surface area contributed by atoms with Crippen LogP contribution in [0.5, 0.6) is 5.75 Å². The van der Waals surface area contributed by atoms with Gasteiger partial charge in [0, 0.05) is 37.6 Å². The molecule has 0 amide bonds. The molecule has 7 heteroatoms. The maximum absolute atomic E-state index is 9.38. The van der Waals surface area contributed by atoms with E-state index in [1.165, 1.54) is 0 Å². The van der Waals surface area contributed by atoms with Gasteiger partial charge in [-0.3, -0.25) is 0 Å². The number of rotatable bonds is 5. The fraction of sp³-hybridized carbons (Fsp3) is 0.375. The second-order valence-electron chi connectivity index (χ2n) is 7.90. The van der Waals surface area contributed by atoms with Crippen molar-refractivity contribution in [3.63, 3.8) is 0 Å². The molecule has 1 fully saturated rings. The SMILES string of the molecule is COc1cc2nc(C)nc(NC(C)c3cccc(C#N)c3C)c2cc1N1CCNCC1. The Labute approximate surface area is 183 Å². The lowest BCUT2D eigenvalue weighted by atomic mass is 9.98. The van der Waals surface area contributed by atoms with Crippen LogP contribution in [-0.2, 0) is 0 Å². The zero-order valence-corrected chi connectivity index (χ0v) is 18.5. The summed E-state index contributed by atoms with van der Waals surface area (Å²) < 4.78 is 5.70. The predicted molar refractivity (Wildman–Crippen MR) is 124 cm³/mol. The number of nitrogens with one attached hydrogen (secondary N) is 2. The van der Waals surface area contributed by atoms with Crippen molar-refractivity contribution in [3.05, 3.63) is 52.8 Å². The first-order chi connectivity index (χ1) is 15.0. The molecule has 0 radical (unpaired) electrons. The molecule has 2 heterocycles. The largest absolute Gasteiger partial charge is 0.495 e. The number of hydrogen-bond acceptors (Lipinski definition) is 7. The van der Waals surface area contributed by atoms with Crippen LogP contribution in [0.25, 0.3) is 10.9 Å². The molecular formula is C24H28N6O. The van der Waals surface area contributed by atoms with Crippen LogP contribution in [0.3, 0.4) is 0 Å². The van der Waals surface area contributed by atoms with E-state index in [9.17, 15) is 5.26 Å². The van der Waals surface area contributed by atoms with Crippen molar-refractivity contribution < 1.29 is 4.74 Å². The van der Waals surface area contributed by atoms with Crippen molar-refractivity contribution in [1.29, 1.82) is 5.26 Å². The van der Waals surface area contributed by atoms with Gasteiger partial charge in [-0.25, -0.2) is 9.97 Å². The van der Waals surface area contributed by atoms with Gasteiger partial charge in [0.05, 0.1) is 36.0 Å². The van der Waals surface area contributed by atoms with Gasteiger partial charge < -0.3 is 20.3 Å². The third-order valence-electron chi connectivity index (χ3n) is 5.88. The quantitative estimate of drug-likeness (QED) is 0.656. The Kier molecular flexibility index (Phi) is 5.92. The van der Waals surface area contributed by atoms with Crippen molar-refractivity contribution in [3.8, 4) is 11.8 Å². The van der Waals surface area contributed by atoms with Gasteiger partial charge in [-0.1, -0.05) is 12.1 Å². The summed E-state index contributed by atoms with van der Waals surface area (Å²) in [7, 11) is 1.70. The van der Waals surface area contributed by atoms with Crippen molar-refractivity contribution in [2.24, 2.45) is 0 Å². The molecule has 0 bridgehead atoms. The summed E-state index contributed by atoms with van der Waals surface area (Å²) in [6.07, 6.45) is 0. The highest BCUT2D eigenvalue weighted by molar-refractivity contribution is 5.94. The van der Waals surface area contributed by atoms with Crippen molar-refractivity contribution in [2.75, 3.05) is 43.5 Å². The normalized spacial score (nSPS) is 14.9. The Morgan fingerprint density at radius 2 is 1.97 bits per heavy atom. The molecule has 160 valence electrons. The number of methoxy groups -OCH3 is 1. The number of ether oxygens (including phenoxy) is 1. The zero-order valence-electron chi connectivity index (χ0n) is 18.5. The molecule has 1 saturated heterocycles. The molecular weight excluding hydrogens is 388 g/mol. The highest BCUT2D eigenvalue weighted by Gasteiger charge is 2.19. The molecule has 0 aliphatic carbocycles. The minimum atomic E-state index is -0.0180. The van der Waals surface area contributed by atoms with Gasteiger partial charge >= 0.3 is 0 Å². The molecule has 0 spiro atoms. The lowest BCUT2D eigenvalue weighted by Crippen LogP contribution is -2.43. The molecule has 2 N–H and O–H groups in total. The Hall–Kier alpha value is -3.37. The lowest BCUT2D eigenvalue weighted by Gasteiger charge is -2.31. The minimum Gasteiger partial charge on any atom is -0.495 e. The number of aromatic nitrogens is 2. The molecule has 1 unspecified atom stereocenters. The van der Waals surface area contributed by atoms with Gasteiger partial charge in [-0.15, -0.1) is 0 Å². The van der Waals surface area contributed by atoms with Crippen LogP contribution in [-0.4, -0.2) is 43.3 Å². The fourth-order valence-electron chi connectivity index (χ4n) is 4.21. The molecule has 4 rings (SSSR count). The highest BCUT2D eigenvalue weighted by Crippen LogP contribution is 2.36. The second kappa shape index (κ2) is 8.78. The number of piperazine rings is 1. The van der Waals surface area contributed by atoms with E-state index in [4.69, 9.17) is 9.72 Å². The summed E-state index contributed by atoms with van der Waals surface area (Å²) in [4.78, 5) is 11.7. The van der Waals surface area contributed by atoms with Crippen molar-refractivity contribution in [1.82, 2.24) is 15.3 Å². The maximum Gasteiger partial charge on any atom is 0.144 e. The van der Waals surface area contributed by atoms with Gasteiger partial charge in [0.25, 0.3) is 0 Å². The molecule has 1 atom stereocenters. The molecule has 1 aromatic heterocycles. The first-order valence-electron chi connectivity index (χ1n) is 10.6. The number of hydrogen-bond donors (Lipinski definition) is 2. The van der Waals surface area contributed by atoms with Crippen LogP contribution in [0.15, 0.2) is 30.3 Å². The monoisotopic (exact) mass is 416 g/mol. The number of aryl methyl sites for hydroxylation is 1. The molecule has 0 saturated carbocycles. The summed E-state index contributed by atoms with van der Waals surface area (Å²) in [5.41, 5.74) is 4.67. The van der Waals surface area contributed by atoms with E-state index in [1.807, 2.05) is 32.0 Å². The second-order valence-corrected chi connectivity index (χ2v) is 7.90. The maximum atomic E-state index is 9.38. The molecule has 1 aliphatic rings. The van der Waals surface area contributed by atoms with E-state index in [-0.39, 0.29) is 6.04 Å². The Bertz CT molecular complexity index is 1150. The molecule has 1 aliphatic heterocycles. The van der Waals surface area contributed by atoms with Crippen LogP contribution in [0.4, 0.5) is 11.5 Å². The summed E-state index contributed by atoms with van der Waals surface area (Å²) >= 11 is 0. The fourth-order valence-corrected chi connectivity index (χ4v) is 4.21. The van der Waals surface area contributed by atoms with Gasteiger partial charge in [0.15, 0.2) is 0 Å². The van der Waals surface area contributed by atoms with Crippen LogP contribution in [0, 0.1) is 25.2 Å². The third kappa shape index (κ3) is 4.12. The smallest absolute Gasteiger partial charge is 0.144 e. The number of anilines is 2. The minimum absolute atomic E-state index is 0.0180. The van der Waals surface area contributed by atoms with Gasteiger partial charge in [-0.2, -0.15) is 5.26 Å². The lowest BCUT2D eigenvalue weighted by molar-refractivity contribution is 0.413. The van der Waals surface area contributed by atoms with E-state index in [1.54, 1.807) is 7.11 Å². The molecule has 31 heavy (non-hydrogen) atoms. The number of nitriles is 1. The highest BCUT2D eigenvalue weighted by atomic mass is 16.5. The molecule has 2 aromatic carbocycles. The van der Waals surface area contributed by atoms with E-state index < -0.39 is 0 Å². The topological polar surface area (TPSA) is 86.1 Å². The van der Waals surface area contributed by atoms with Crippen molar-refractivity contribution in [2.45, 2.75) is 26.8 Å². The summed E-state index contributed by atoms with van der Waals surface area (Å²) in [6.45, 7) is 9.72. The van der Waals surface area contributed by atoms with E-state index >= 15 is 0 Å². The first kappa shape index (κ1) is 20.9. The molecule has 7 nitrogen and oxygen atoms in total. The van der Waals surface area contributed by atoms with Gasteiger partial charge in [0.1, 0.15) is 17.4 Å². The van der Waals surface area contributed by atoms with Gasteiger partial charge in [0.2, 0.25) is 0 Å². The van der Waals surface area contributed by atoms with E-state index in [0.29, 0.717) is 11.4 Å². The third-order valence-corrected chi connectivity index (χ3v) is 5.88. The van der Waals surface area contributed by atoms with Crippen LogP contribution in [0.1, 0.15) is 35.5 Å². The number of nitrogens with zero attached hydrogens (tertiary/aromatic N) is 4. The number of fused-ring (bicyclic) bond motifs is 1. The average Bonchev–Trinajstić information content (AvgIpc) is 2.78. The Morgan fingerprint density at radius 1 is 1.19 bits per heavy atom. The van der Waals surface area contributed by atoms with Gasteiger partial charge in [-0.05, 0) is 44.0 Å². The zero-order chi connectivity index (χ0) is 22.0. The first-order valence-corrected chi connectivity index (χ1v) is 10.6.